The Hall–Kier alpha value is 0.250. The van der Waals surface area contributed by atoms with E-state index in [1.807, 2.05) is 0 Å². The van der Waals surface area contributed by atoms with Crippen LogP contribution in [0.2, 0.25) is 0 Å². The zero-order chi connectivity index (χ0) is 5.28. The van der Waals surface area contributed by atoms with Gasteiger partial charge in [0.2, 0.25) is 0 Å². The molecule has 0 radical (unpaired) electrons. The largest absolute Gasteiger partial charge is 0.393 e. The maximum Gasteiger partial charge on any atom is 0.0554 e. The fourth-order valence-corrected chi connectivity index (χ4v) is 1.24. The summed E-state index contributed by atoms with van der Waals surface area (Å²) < 4.78 is 0. The Morgan fingerprint density at radius 1 is 1.43 bits per heavy atom. The van der Waals surface area contributed by atoms with E-state index in [0.29, 0.717) is 0 Å². The van der Waals surface area contributed by atoms with Crippen LogP contribution in [0.4, 0.5) is 0 Å². The Labute approximate surface area is 48.3 Å². The van der Waals surface area contributed by atoms with Crippen LogP contribution in [-0.2, 0) is 0 Å². The van der Waals surface area contributed by atoms with Crippen LogP contribution in [0.25, 0.3) is 0 Å². The van der Waals surface area contributed by atoms with Crippen LogP contribution in [0.15, 0.2) is 0 Å². The lowest BCUT2D eigenvalue weighted by atomic mass is 10.3. The molecular weight excluding hydrogens is 112 g/mol. The molecule has 7 heavy (non-hydrogen) atoms. The van der Waals surface area contributed by atoms with Crippen molar-refractivity contribution in [2.75, 3.05) is 0 Å². The molecule has 0 aromatic rings. The van der Waals surface area contributed by atoms with Crippen molar-refractivity contribution in [1.82, 2.24) is 0 Å². The van der Waals surface area contributed by atoms with Gasteiger partial charge in [-0.15, -0.1) is 11.6 Å². The van der Waals surface area contributed by atoms with Crippen LogP contribution < -0.4 is 0 Å². The summed E-state index contributed by atoms with van der Waals surface area (Å²) in [5.41, 5.74) is 0. The normalized spacial score (nSPS) is 42.0. The SMILES string of the molecule is O[C@@H]1CC[C@H](Cl)C1. The van der Waals surface area contributed by atoms with Crippen LogP contribution in [0, 0.1) is 0 Å². The molecule has 0 amide bonds. The fourth-order valence-electron chi connectivity index (χ4n) is 0.904. The zero-order valence-corrected chi connectivity index (χ0v) is 4.86. The molecule has 0 aromatic carbocycles. The maximum atomic E-state index is 8.82. The van der Waals surface area contributed by atoms with E-state index < -0.39 is 0 Å². The van der Waals surface area contributed by atoms with Gasteiger partial charge in [0.15, 0.2) is 0 Å². The van der Waals surface area contributed by atoms with E-state index in [4.69, 9.17) is 16.7 Å². The van der Waals surface area contributed by atoms with E-state index in [-0.39, 0.29) is 11.5 Å². The van der Waals surface area contributed by atoms with Crippen molar-refractivity contribution in [2.45, 2.75) is 30.7 Å². The van der Waals surface area contributed by atoms with Crippen molar-refractivity contribution < 1.29 is 5.11 Å². The Bertz CT molecular complexity index is 57.1. The summed E-state index contributed by atoms with van der Waals surface area (Å²) in [5, 5.41) is 9.06. The predicted octanol–water partition coefficient (Wildman–Crippen LogP) is 1.14. The maximum absolute atomic E-state index is 8.82. The van der Waals surface area contributed by atoms with Crippen LogP contribution >= 0.6 is 11.6 Å². The highest BCUT2D eigenvalue weighted by atomic mass is 35.5. The average Bonchev–Trinajstić information content (AvgIpc) is 1.87. The summed E-state index contributed by atoms with van der Waals surface area (Å²) in [6.45, 7) is 0. The standard InChI is InChI=1S/C5H9ClO/c6-4-1-2-5(7)3-4/h4-5,7H,1-3H2/t4-,5+/m0/s1. The predicted molar refractivity (Wildman–Crippen MR) is 29.5 cm³/mol. The van der Waals surface area contributed by atoms with Gasteiger partial charge in [-0.25, -0.2) is 0 Å². The second-order valence-electron chi connectivity index (χ2n) is 2.06. The number of halogens is 1. The molecule has 1 rings (SSSR count). The lowest BCUT2D eigenvalue weighted by Gasteiger charge is -1.94. The number of aliphatic hydroxyl groups excluding tert-OH is 1. The van der Waals surface area contributed by atoms with Gasteiger partial charge in [-0.2, -0.15) is 0 Å². The third kappa shape index (κ3) is 1.32. The van der Waals surface area contributed by atoms with E-state index in [9.17, 15) is 0 Å². The first-order valence-corrected chi connectivity index (χ1v) is 3.05. The highest BCUT2D eigenvalue weighted by Gasteiger charge is 2.19. The fraction of sp³-hybridized carbons (Fsp3) is 1.00. The molecule has 1 fully saturated rings. The minimum Gasteiger partial charge on any atom is -0.393 e. The first kappa shape index (κ1) is 5.39. The van der Waals surface area contributed by atoms with E-state index in [2.05, 4.69) is 0 Å². The molecule has 0 aromatic heterocycles. The molecule has 2 atom stereocenters. The molecule has 0 unspecified atom stereocenters. The van der Waals surface area contributed by atoms with Gasteiger partial charge in [0.1, 0.15) is 0 Å². The van der Waals surface area contributed by atoms with E-state index >= 15 is 0 Å². The van der Waals surface area contributed by atoms with Crippen molar-refractivity contribution in [3.8, 4) is 0 Å². The molecule has 1 aliphatic carbocycles. The van der Waals surface area contributed by atoms with Crippen molar-refractivity contribution in [2.24, 2.45) is 0 Å². The summed E-state index contributed by atoms with van der Waals surface area (Å²) in [4.78, 5) is 0. The Balaban J connectivity index is 2.26. The number of hydrogen-bond acceptors (Lipinski definition) is 1. The van der Waals surface area contributed by atoms with E-state index in [0.717, 1.165) is 19.3 Å². The van der Waals surface area contributed by atoms with Gasteiger partial charge in [0.25, 0.3) is 0 Å². The number of aliphatic hydroxyl groups is 1. The van der Waals surface area contributed by atoms with Gasteiger partial charge >= 0.3 is 0 Å². The van der Waals surface area contributed by atoms with Gasteiger partial charge in [0.05, 0.1) is 6.10 Å². The smallest absolute Gasteiger partial charge is 0.0554 e. The highest BCUT2D eigenvalue weighted by Crippen LogP contribution is 2.22. The Morgan fingerprint density at radius 3 is 2.29 bits per heavy atom. The number of alkyl halides is 1. The summed E-state index contributed by atoms with van der Waals surface area (Å²) in [7, 11) is 0. The zero-order valence-electron chi connectivity index (χ0n) is 4.10. The van der Waals surface area contributed by atoms with E-state index in [1.165, 1.54) is 0 Å². The number of hydrogen-bond donors (Lipinski definition) is 1. The molecule has 0 heterocycles. The molecular formula is C5H9ClO. The summed E-state index contributed by atoms with van der Waals surface area (Å²) in [5.74, 6) is 0. The summed E-state index contributed by atoms with van der Waals surface area (Å²) in [6.07, 6.45) is 2.57. The quantitative estimate of drug-likeness (QED) is 0.476. The van der Waals surface area contributed by atoms with Gasteiger partial charge in [-0.3, -0.25) is 0 Å². The molecule has 1 saturated carbocycles. The molecule has 0 saturated heterocycles. The minimum absolute atomic E-state index is 0.109. The van der Waals surface area contributed by atoms with Crippen molar-refractivity contribution in [3.05, 3.63) is 0 Å². The van der Waals surface area contributed by atoms with Gasteiger partial charge < -0.3 is 5.11 Å². The first-order chi connectivity index (χ1) is 3.29. The molecule has 42 valence electrons. The third-order valence-corrected chi connectivity index (χ3v) is 1.74. The van der Waals surface area contributed by atoms with Crippen LogP contribution in [0.1, 0.15) is 19.3 Å². The molecule has 1 N–H and O–H groups in total. The molecule has 0 aliphatic heterocycles. The lowest BCUT2D eigenvalue weighted by molar-refractivity contribution is 0.183. The Kier molecular flexibility index (Phi) is 1.55. The number of rotatable bonds is 0. The minimum atomic E-state index is -0.109. The highest BCUT2D eigenvalue weighted by molar-refractivity contribution is 6.20. The second-order valence-corrected chi connectivity index (χ2v) is 2.68. The van der Waals surface area contributed by atoms with Crippen LogP contribution in [0.3, 0.4) is 0 Å². The van der Waals surface area contributed by atoms with Crippen molar-refractivity contribution in [1.29, 1.82) is 0 Å². The monoisotopic (exact) mass is 120 g/mol. The molecule has 0 spiro atoms. The molecule has 1 nitrogen and oxygen atoms in total. The lowest BCUT2D eigenvalue weighted by Crippen LogP contribution is -1.98. The van der Waals surface area contributed by atoms with Gasteiger partial charge in [-0.05, 0) is 19.3 Å². The summed E-state index contributed by atoms with van der Waals surface area (Å²) in [6, 6.07) is 0. The van der Waals surface area contributed by atoms with Crippen LogP contribution in [-0.4, -0.2) is 16.6 Å². The van der Waals surface area contributed by atoms with Crippen LogP contribution in [0.5, 0.6) is 0 Å². The van der Waals surface area contributed by atoms with Crippen molar-refractivity contribution in [3.63, 3.8) is 0 Å². The molecule has 0 bridgehead atoms. The Morgan fingerprint density at radius 2 is 2.14 bits per heavy atom. The average molecular weight is 121 g/mol. The van der Waals surface area contributed by atoms with Gasteiger partial charge in [-0.1, -0.05) is 0 Å². The van der Waals surface area contributed by atoms with Gasteiger partial charge in [0, 0.05) is 5.38 Å². The topological polar surface area (TPSA) is 20.2 Å². The van der Waals surface area contributed by atoms with E-state index in [1.54, 1.807) is 0 Å². The first-order valence-electron chi connectivity index (χ1n) is 2.61. The third-order valence-electron chi connectivity index (χ3n) is 1.34. The molecule has 1 aliphatic rings. The van der Waals surface area contributed by atoms with Crippen molar-refractivity contribution >= 4 is 11.6 Å². The molecule has 2 heteroatoms. The summed E-state index contributed by atoms with van der Waals surface area (Å²) >= 11 is 5.65. The second kappa shape index (κ2) is 2.01.